The maximum absolute atomic E-state index is 13.9. The van der Waals surface area contributed by atoms with Crippen LogP contribution in [0.4, 0.5) is 4.39 Å². The first-order valence-electron chi connectivity index (χ1n) is 9.93. The van der Waals surface area contributed by atoms with Gasteiger partial charge in [0.2, 0.25) is 0 Å². The van der Waals surface area contributed by atoms with Crippen LogP contribution < -0.4 is 5.73 Å². The molecule has 0 aliphatic rings. The lowest BCUT2D eigenvalue weighted by atomic mass is 9.92. The molecule has 1 heterocycles. The number of amides is 1. The minimum Gasteiger partial charge on any atom is -0.366 e. The summed E-state index contributed by atoms with van der Waals surface area (Å²) in [5, 5.41) is 0. The third kappa shape index (κ3) is 5.21. The highest BCUT2D eigenvalue weighted by atomic mass is 19.1. The Labute approximate surface area is 162 Å². The average molecular weight is 373 g/mol. The molecule has 27 heavy (non-hydrogen) atoms. The first-order valence-corrected chi connectivity index (χ1v) is 9.93. The molecule has 0 radical (unpaired) electrons. The zero-order chi connectivity index (χ0) is 20.2. The molecule has 1 aromatic carbocycles. The molecular formula is C23H33FN2O. The molecule has 1 amide bonds. The van der Waals surface area contributed by atoms with Crippen LogP contribution in [0.15, 0.2) is 24.3 Å². The van der Waals surface area contributed by atoms with Crippen molar-refractivity contribution in [2.75, 3.05) is 0 Å². The fourth-order valence-corrected chi connectivity index (χ4v) is 3.61. The lowest BCUT2D eigenvalue weighted by Crippen LogP contribution is -2.15. The summed E-state index contributed by atoms with van der Waals surface area (Å²) in [7, 11) is 0. The van der Waals surface area contributed by atoms with E-state index >= 15 is 0 Å². The summed E-state index contributed by atoms with van der Waals surface area (Å²) in [6.07, 6.45) is 5.13. The fourth-order valence-electron chi connectivity index (χ4n) is 3.61. The molecule has 148 valence electrons. The first-order chi connectivity index (χ1) is 12.7. The molecule has 0 spiro atoms. The normalized spacial score (nSPS) is 11.8. The van der Waals surface area contributed by atoms with Gasteiger partial charge in [0, 0.05) is 23.5 Å². The molecule has 2 aromatic rings. The molecule has 0 fully saturated rings. The lowest BCUT2D eigenvalue weighted by molar-refractivity contribution is 0.1000. The smallest absolute Gasteiger partial charge is 0.251 e. The van der Waals surface area contributed by atoms with Crippen LogP contribution in [0.25, 0.3) is 11.1 Å². The number of unbranched alkanes of at least 4 members (excludes halogenated alkanes) is 2. The van der Waals surface area contributed by atoms with Gasteiger partial charge in [0.05, 0.1) is 5.56 Å². The van der Waals surface area contributed by atoms with Crippen LogP contribution >= 0.6 is 0 Å². The fraction of sp³-hybridized carbons (Fsp3) is 0.522. The van der Waals surface area contributed by atoms with Crippen LogP contribution in [0.5, 0.6) is 0 Å². The maximum atomic E-state index is 13.9. The number of rotatable bonds is 8. The van der Waals surface area contributed by atoms with Crippen molar-refractivity contribution >= 4 is 5.91 Å². The van der Waals surface area contributed by atoms with Crippen LogP contribution in [-0.2, 0) is 13.0 Å². The molecule has 3 nitrogen and oxygen atoms in total. The standard InChI is InChI=1S/C23H33FN2O/c1-6-7-8-12-19-21(17-10-9-11-18(24)15-17)20(22(25)27)16(2)26(19)14-13-23(3,4)5/h9-11,15H,6-8,12-14H2,1-5H3,(H2,25,27). The highest BCUT2D eigenvalue weighted by molar-refractivity contribution is 6.02. The third-order valence-corrected chi connectivity index (χ3v) is 5.09. The van der Waals surface area contributed by atoms with Gasteiger partial charge in [-0.2, -0.15) is 0 Å². The number of benzene rings is 1. The van der Waals surface area contributed by atoms with Gasteiger partial charge in [-0.15, -0.1) is 0 Å². The van der Waals surface area contributed by atoms with Crippen LogP contribution in [-0.4, -0.2) is 10.5 Å². The van der Waals surface area contributed by atoms with Crippen LogP contribution in [0, 0.1) is 18.2 Å². The number of carbonyl (C=O) groups excluding carboxylic acids is 1. The summed E-state index contributed by atoms with van der Waals surface area (Å²) >= 11 is 0. The second-order valence-electron chi connectivity index (χ2n) is 8.58. The Morgan fingerprint density at radius 1 is 1.22 bits per heavy atom. The van der Waals surface area contributed by atoms with E-state index in [0.717, 1.165) is 61.2 Å². The Morgan fingerprint density at radius 2 is 1.93 bits per heavy atom. The minimum atomic E-state index is -0.446. The van der Waals surface area contributed by atoms with Crippen molar-refractivity contribution in [3.63, 3.8) is 0 Å². The van der Waals surface area contributed by atoms with Crippen molar-refractivity contribution in [2.24, 2.45) is 11.1 Å². The van der Waals surface area contributed by atoms with Crippen molar-refractivity contribution in [1.82, 2.24) is 4.57 Å². The molecule has 0 bridgehead atoms. The number of aromatic nitrogens is 1. The monoisotopic (exact) mass is 372 g/mol. The average Bonchev–Trinajstić information content (AvgIpc) is 2.84. The van der Waals surface area contributed by atoms with Crippen LogP contribution in [0.1, 0.15) is 75.1 Å². The molecular weight excluding hydrogens is 339 g/mol. The number of hydrogen-bond donors (Lipinski definition) is 1. The summed E-state index contributed by atoms with van der Waals surface area (Å²) in [6, 6.07) is 6.47. The van der Waals surface area contributed by atoms with E-state index in [1.54, 1.807) is 6.07 Å². The van der Waals surface area contributed by atoms with Gasteiger partial charge in [0.25, 0.3) is 5.91 Å². The Bertz CT molecular complexity index is 799. The van der Waals surface area contributed by atoms with Gasteiger partial charge in [-0.05, 0) is 49.3 Å². The van der Waals surface area contributed by atoms with Crippen LogP contribution in [0.2, 0.25) is 0 Å². The zero-order valence-electron chi connectivity index (χ0n) is 17.4. The van der Waals surface area contributed by atoms with Crippen molar-refractivity contribution < 1.29 is 9.18 Å². The second-order valence-corrected chi connectivity index (χ2v) is 8.58. The number of nitrogens with zero attached hydrogens (tertiary/aromatic N) is 1. The Morgan fingerprint density at radius 3 is 2.48 bits per heavy atom. The number of hydrogen-bond acceptors (Lipinski definition) is 1. The van der Waals surface area contributed by atoms with Crippen molar-refractivity contribution in [3.8, 4) is 11.1 Å². The van der Waals surface area contributed by atoms with Crippen molar-refractivity contribution in [2.45, 2.75) is 73.3 Å². The molecule has 0 unspecified atom stereocenters. The van der Waals surface area contributed by atoms with E-state index in [1.165, 1.54) is 12.1 Å². The topological polar surface area (TPSA) is 48.0 Å². The first kappa shape index (κ1) is 21.2. The van der Waals surface area contributed by atoms with E-state index in [1.807, 2.05) is 13.0 Å². The van der Waals surface area contributed by atoms with E-state index in [-0.39, 0.29) is 11.2 Å². The molecule has 4 heteroatoms. The third-order valence-electron chi connectivity index (χ3n) is 5.09. The molecule has 0 aliphatic heterocycles. The highest BCUT2D eigenvalue weighted by Crippen LogP contribution is 2.35. The van der Waals surface area contributed by atoms with Crippen molar-refractivity contribution in [3.05, 3.63) is 47.0 Å². The summed E-state index contributed by atoms with van der Waals surface area (Å²) in [6.45, 7) is 11.6. The Kier molecular flexibility index (Phi) is 6.85. The molecule has 0 saturated heterocycles. The molecule has 0 saturated carbocycles. The van der Waals surface area contributed by atoms with Gasteiger partial charge in [-0.3, -0.25) is 4.79 Å². The predicted molar refractivity (Wildman–Crippen MR) is 110 cm³/mol. The van der Waals surface area contributed by atoms with E-state index in [2.05, 4.69) is 32.3 Å². The number of primary amides is 1. The van der Waals surface area contributed by atoms with Crippen LogP contribution in [0.3, 0.4) is 0 Å². The molecule has 2 N–H and O–H groups in total. The van der Waals surface area contributed by atoms with Gasteiger partial charge in [-0.1, -0.05) is 52.7 Å². The van der Waals surface area contributed by atoms with Gasteiger partial charge in [0.1, 0.15) is 5.82 Å². The van der Waals surface area contributed by atoms with E-state index in [9.17, 15) is 9.18 Å². The number of carbonyl (C=O) groups is 1. The van der Waals surface area contributed by atoms with Gasteiger partial charge in [-0.25, -0.2) is 4.39 Å². The molecule has 0 aliphatic carbocycles. The molecule has 2 rings (SSSR count). The lowest BCUT2D eigenvalue weighted by Gasteiger charge is -2.21. The maximum Gasteiger partial charge on any atom is 0.251 e. The SMILES string of the molecule is CCCCCc1c(-c2cccc(F)c2)c(C(N)=O)c(C)n1CCC(C)(C)C. The summed E-state index contributed by atoms with van der Waals surface area (Å²) in [5.74, 6) is -0.750. The summed E-state index contributed by atoms with van der Waals surface area (Å²) < 4.78 is 16.1. The van der Waals surface area contributed by atoms with E-state index in [0.29, 0.717) is 5.56 Å². The van der Waals surface area contributed by atoms with Gasteiger partial charge >= 0.3 is 0 Å². The summed E-state index contributed by atoms with van der Waals surface area (Å²) in [4.78, 5) is 12.3. The Hall–Kier alpha value is -2.10. The number of nitrogens with two attached hydrogens (primary N) is 1. The minimum absolute atomic E-state index is 0.184. The molecule has 1 aromatic heterocycles. The van der Waals surface area contributed by atoms with Crippen molar-refractivity contribution in [1.29, 1.82) is 0 Å². The Balaban J connectivity index is 2.64. The van der Waals surface area contributed by atoms with E-state index in [4.69, 9.17) is 5.73 Å². The molecule has 0 atom stereocenters. The summed E-state index contributed by atoms with van der Waals surface area (Å²) in [5.41, 5.74) is 10.0. The van der Waals surface area contributed by atoms with Gasteiger partial charge < -0.3 is 10.3 Å². The van der Waals surface area contributed by atoms with E-state index < -0.39 is 5.91 Å². The quantitative estimate of drug-likeness (QED) is 0.579. The second kappa shape index (κ2) is 8.73. The van der Waals surface area contributed by atoms with Gasteiger partial charge in [0.15, 0.2) is 0 Å². The predicted octanol–water partition coefficient (Wildman–Crippen LogP) is 5.87. The highest BCUT2D eigenvalue weighted by Gasteiger charge is 2.25. The zero-order valence-corrected chi connectivity index (χ0v) is 17.4. The largest absolute Gasteiger partial charge is 0.366 e. The number of halogens is 1.